The first-order valence-corrected chi connectivity index (χ1v) is 7.53. The minimum Gasteiger partial charge on any atom is -0.434 e. The number of hydrogen-bond donors (Lipinski definition) is 2. The molecule has 0 aliphatic carbocycles. The Balaban J connectivity index is 2.12. The van der Waals surface area contributed by atoms with E-state index < -0.39 is 18.1 Å². The maximum absolute atomic E-state index is 12.7. The van der Waals surface area contributed by atoms with Crippen LogP contribution < -0.4 is 15.4 Å². The molecule has 1 heterocycles. The zero-order chi connectivity index (χ0) is 16.9. The first-order valence-electron chi connectivity index (χ1n) is 7.53. The van der Waals surface area contributed by atoms with Crippen molar-refractivity contribution in [3.63, 3.8) is 0 Å². The lowest BCUT2D eigenvalue weighted by Gasteiger charge is -2.28. The summed E-state index contributed by atoms with van der Waals surface area (Å²) in [5.41, 5.74) is -0.110. The van der Waals surface area contributed by atoms with E-state index >= 15 is 0 Å². The quantitative estimate of drug-likeness (QED) is 0.805. The van der Waals surface area contributed by atoms with Gasteiger partial charge in [-0.15, -0.1) is 0 Å². The number of carbonyl (C=O) groups is 1. The number of benzene rings is 1. The van der Waals surface area contributed by atoms with Crippen molar-refractivity contribution in [3.05, 3.63) is 29.8 Å². The second kappa shape index (κ2) is 7.70. The van der Waals surface area contributed by atoms with Crippen LogP contribution in [0.25, 0.3) is 0 Å². The van der Waals surface area contributed by atoms with E-state index in [1.54, 1.807) is 32.2 Å². The zero-order valence-electron chi connectivity index (χ0n) is 13.3. The average molecular weight is 328 g/mol. The lowest BCUT2D eigenvalue weighted by Crippen LogP contribution is -2.46. The van der Waals surface area contributed by atoms with Crippen molar-refractivity contribution in [1.29, 1.82) is 0 Å². The molecule has 1 aliphatic heterocycles. The molecule has 1 aromatic rings. The molecule has 0 aromatic heterocycles. The molecule has 1 fully saturated rings. The van der Waals surface area contributed by atoms with Crippen molar-refractivity contribution in [3.8, 4) is 5.75 Å². The maximum Gasteiger partial charge on any atom is 0.387 e. The van der Waals surface area contributed by atoms with Crippen LogP contribution >= 0.6 is 0 Å². The van der Waals surface area contributed by atoms with Crippen LogP contribution in [-0.4, -0.2) is 39.3 Å². The second-order valence-electron chi connectivity index (χ2n) is 5.75. The standard InChI is InChI=1S/C16H22F2N2O3/c1-11(12-5-3-4-6-13(12)23-15(17)18)20-14(21)16(10-22-2)7-8-19-9-16/h3-6,11,15,19H,7-10H2,1-2H3,(H,20,21). The van der Waals surface area contributed by atoms with Gasteiger partial charge in [-0.3, -0.25) is 4.79 Å². The van der Waals surface area contributed by atoms with Crippen LogP contribution in [0.4, 0.5) is 8.78 Å². The van der Waals surface area contributed by atoms with Crippen LogP contribution in [0.1, 0.15) is 24.9 Å². The van der Waals surface area contributed by atoms with E-state index in [2.05, 4.69) is 15.4 Å². The van der Waals surface area contributed by atoms with Crippen LogP contribution in [0, 0.1) is 5.41 Å². The number of ether oxygens (including phenoxy) is 2. The van der Waals surface area contributed by atoms with Gasteiger partial charge in [0.25, 0.3) is 0 Å². The average Bonchev–Trinajstić information content (AvgIpc) is 2.97. The minimum absolute atomic E-state index is 0.0700. The smallest absolute Gasteiger partial charge is 0.387 e. The molecule has 1 saturated heterocycles. The number of methoxy groups -OCH3 is 1. The fourth-order valence-corrected chi connectivity index (χ4v) is 2.87. The van der Waals surface area contributed by atoms with E-state index in [9.17, 15) is 13.6 Å². The zero-order valence-corrected chi connectivity index (χ0v) is 13.3. The van der Waals surface area contributed by atoms with E-state index in [1.807, 2.05) is 0 Å². The molecule has 1 aliphatic rings. The van der Waals surface area contributed by atoms with Gasteiger partial charge in [-0.2, -0.15) is 8.78 Å². The summed E-state index contributed by atoms with van der Waals surface area (Å²) < 4.78 is 34.7. The van der Waals surface area contributed by atoms with Crippen molar-refractivity contribution >= 4 is 5.91 Å². The normalized spacial score (nSPS) is 22.1. The van der Waals surface area contributed by atoms with Gasteiger partial charge in [-0.05, 0) is 26.0 Å². The fourth-order valence-electron chi connectivity index (χ4n) is 2.87. The summed E-state index contributed by atoms with van der Waals surface area (Å²) in [6.45, 7) is 0.436. The lowest BCUT2D eigenvalue weighted by atomic mass is 9.86. The van der Waals surface area contributed by atoms with Crippen LogP contribution in [0.2, 0.25) is 0 Å². The molecule has 1 amide bonds. The van der Waals surface area contributed by atoms with E-state index in [0.717, 1.165) is 6.54 Å². The van der Waals surface area contributed by atoms with Gasteiger partial charge in [-0.25, -0.2) is 0 Å². The van der Waals surface area contributed by atoms with Crippen molar-refractivity contribution in [1.82, 2.24) is 10.6 Å². The molecule has 2 N–H and O–H groups in total. The third-order valence-electron chi connectivity index (χ3n) is 4.10. The largest absolute Gasteiger partial charge is 0.434 e. The molecular formula is C16H22F2N2O3. The Labute approximate surface area is 134 Å². The fraction of sp³-hybridized carbons (Fsp3) is 0.562. The third kappa shape index (κ3) is 4.17. The third-order valence-corrected chi connectivity index (χ3v) is 4.10. The second-order valence-corrected chi connectivity index (χ2v) is 5.75. The number of alkyl halides is 2. The lowest BCUT2D eigenvalue weighted by molar-refractivity contribution is -0.133. The molecule has 0 bridgehead atoms. The predicted molar refractivity (Wildman–Crippen MR) is 81.4 cm³/mol. The van der Waals surface area contributed by atoms with Gasteiger partial charge in [0.15, 0.2) is 0 Å². The van der Waals surface area contributed by atoms with E-state index in [1.165, 1.54) is 6.07 Å². The number of para-hydroxylation sites is 1. The summed E-state index contributed by atoms with van der Waals surface area (Å²) in [5.74, 6) is -0.0793. The van der Waals surface area contributed by atoms with Crippen molar-refractivity contribution < 1.29 is 23.0 Å². The highest BCUT2D eigenvalue weighted by Gasteiger charge is 2.41. The molecule has 5 nitrogen and oxygen atoms in total. The van der Waals surface area contributed by atoms with Gasteiger partial charge in [-0.1, -0.05) is 18.2 Å². The van der Waals surface area contributed by atoms with Gasteiger partial charge in [0.05, 0.1) is 18.1 Å². The van der Waals surface area contributed by atoms with Crippen molar-refractivity contribution in [2.24, 2.45) is 5.41 Å². The van der Waals surface area contributed by atoms with Gasteiger partial charge in [0, 0.05) is 19.2 Å². The summed E-state index contributed by atoms with van der Waals surface area (Å²) in [4.78, 5) is 12.7. The number of nitrogens with one attached hydrogen (secondary N) is 2. The molecule has 2 atom stereocenters. The summed E-state index contributed by atoms with van der Waals surface area (Å²) in [7, 11) is 1.56. The Bertz CT molecular complexity index is 534. The van der Waals surface area contributed by atoms with E-state index in [0.29, 0.717) is 25.1 Å². The number of halogens is 2. The molecule has 23 heavy (non-hydrogen) atoms. The van der Waals surface area contributed by atoms with Crippen molar-refractivity contribution in [2.45, 2.75) is 26.0 Å². The van der Waals surface area contributed by atoms with Crippen LogP contribution in [-0.2, 0) is 9.53 Å². The summed E-state index contributed by atoms with van der Waals surface area (Å²) in [5, 5.41) is 6.06. The Morgan fingerprint density at radius 1 is 1.43 bits per heavy atom. The SMILES string of the molecule is COCC1(C(=O)NC(C)c2ccccc2OC(F)F)CCNC1. The molecule has 0 saturated carbocycles. The van der Waals surface area contributed by atoms with Gasteiger partial charge in [0.2, 0.25) is 5.91 Å². The highest BCUT2D eigenvalue weighted by molar-refractivity contribution is 5.84. The Morgan fingerprint density at radius 3 is 2.78 bits per heavy atom. The Hall–Kier alpha value is -1.73. The summed E-state index contributed by atoms with van der Waals surface area (Å²) >= 11 is 0. The van der Waals surface area contributed by atoms with Crippen LogP contribution in [0.3, 0.4) is 0 Å². The highest BCUT2D eigenvalue weighted by atomic mass is 19.3. The Morgan fingerprint density at radius 2 is 2.17 bits per heavy atom. The molecular weight excluding hydrogens is 306 g/mol. The van der Waals surface area contributed by atoms with E-state index in [4.69, 9.17) is 4.74 Å². The number of amides is 1. The molecule has 2 unspecified atom stereocenters. The van der Waals surface area contributed by atoms with E-state index in [-0.39, 0.29) is 11.7 Å². The number of hydrogen-bond acceptors (Lipinski definition) is 4. The molecule has 0 spiro atoms. The summed E-state index contributed by atoms with van der Waals surface area (Å²) in [6.07, 6.45) is 0.675. The van der Waals surface area contributed by atoms with Gasteiger partial charge < -0.3 is 20.1 Å². The Kier molecular flexibility index (Phi) is 5.90. The maximum atomic E-state index is 12.7. The van der Waals surface area contributed by atoms with Crippen molar-refractivity contribution in [2.75, 3.05) is 26.8 Å². The molecule has 0 radical (unpaired) electrons. The molecule has 7 heteroatoms. The van der Waals surface area contributed by atoms with Crippen LogP contribution in [0.5, 0.6) is 5.75 Å². The highest BCUT2D eigenvalue weighted by Crippen LogP contribution is 2.30. The predicted octanol–water partition coefficient (Wildman–Crippen LogP) is 2.09. The minimum atomic E-state index is -2.90. The van der Waals surface area contributed by atoms with Gasteiger partial charge >= 0.3 is 6.61 Å². The first-order chi connectivity index (χ1) is 11.0. The molecule has 2 rings (SSSR count). The monoisotopic (exact) mass is 328 g/mol. The summed E-state index contributed by atoms with van der Waals surface area (Å²) in [6, 6.07) is 6.01. The number of rotatable bonds is 7. The number of carbonyl (C=O) groups excluding carboxylic acids is 1. The topological polar surface area (TPSA) is 59.6 Å². The first kappa shape index (κ1) is 17.6. The van der Waals surface area contributed by atoms with Gasteiger partial charge in [0.1, 0.15) is 5.75 Å². The van der Waals surface area contributed by atoms with Crippen LogP contribution in [0.15, 0.2) is 24.3 Å². The molecule has 128 valence electrons. The molecule has 1 aromatic carbocycles.